The molecule has 0 aliphatic carbocycles. The molecule has 15 heavy (non-hydrogen) atoms. The molecule has 0 aliphatic heterocycles. The minimum atomic E-state index is 0.600. The number of benzene rings is 1. The van der Waals surface area contributed by atoms with Crippen LogP contribution in [-0.2, 0) is 0 Å². The van der Waals surface area contributed by atoms with Crippen LogP contribution in [0.15, 0.2) is 29.8 Å². The van der Waals surface area contributed by atoms with Gasteiger partial charge >= 0.3 is 0 Å². The molecule has 2 nitrogen and oxygen atoms in total. The van der Waals surface area contributed by atoms with Crippen molar-refractivity contribution in [3.63, 3.8) is 0 Å². The molecule has 0 saturated heterocycles. The summed E-state index contributed by atoms with van der Waals surface area (Å²) in [5.41, 5.74) is 2.86. The van der Waals surface area contributed by atoms with E-state index in [0.29, 0.717) is 12.2 Å². The predicted molar refractivity (Wildman–Crippen MR) is 60.8 cm³/mol. The second kappa shape index (κ2) is 5.21. The van der Waals surface area contributed by atoms with Crippen LogP contribution in [0.2, 0.25) is 0 Å². The van der Waals surface area contributed by atoms with Crippen molar-refractivity contribution < 1.29 is 4.74 Å². The highest BCUT2D eigenvalue weighted by Crippen LogP contribution is 2.19. The Kier molecular flexibility index (Phi) is 3.93. The van der Waals surface area contributed by atoms with Crippen LogP contribution in [0.5, 0.6) is 5.75 Å². The van der Waals surface area contributed by atoms with Crippen molar-refractivity contribution in [1.82, 2.24) is 0 Å². The van der Waals surface area contributed by atoms with Gasteiger partial charge in [0.25, 0.3) is 0 Å². The highest BCUT2D eigenvalue weighted by molar-refractivity contribution is 5.41. The quantitative estimate of drug-likeness (QED) is 0.703. The van der Waals surface area contributed by atoms with Gasteiger partial charge in [-0.1, -0.05) is 6.08 Å². The van der Waals surface area contributed by atoms with E-state index in [2.05, 4.69) is 6.07 Å². The fraction of sp³-hybridized carbons (Fsp3) is 0.308. The first-order valence-corrected chi connectivity index (χ1v) is 4.92. The predicted octanol–water partition coefficient (Wildman–Crippen LogP) is 3.21. The molecule has 0 saturated carbocycles. The van der Waals surface area contributed by atoms with Crippen LogP contribution in [0.3, 0.4) is 0 Å². The van der Waals surface area contributed by atoms with Crippen molar-refractivity contribution in [3.8, 4) is 11.8 Å². The SMILES string of the molecule is C/C=C(\C)COc1ccc(C#N)cc1C. The van der Waals surface area contributed by atoms with Crippen LogP contribution < -0.4 is 4.74 Å². The number of nitriles is 1. The molecule has 0 aliphatic rings. The second-order valence-corrected chi connectivity index (χ2v) is 3.52. The smallest absolute Gasteiger partial charge is 0.122 e. The van der Waals surface area contributed by atoms with Crippen molar-refractivity contribution in [2.24, 2.45) is 0 Å². The molecule has 0 amide bonds. The van der Waals surface area contributed by atoms with E-state index >= 15 is 0 Å². The minimum absolute atomic E-state index is 0.600. The Morgan fingerprint density at radius 1 is 1.53 bits per heavy atom. The third-order valence-corrected chi connectivity index (χ3v) is 2.25. The largest absolute Gasteiger partial charge is 0.489 e. The van der Waals surface area contributed by atoms with Gasteiger partial charge in [0.1, 0.15) is 12.4 Å². The molecule has 1 aromatic carbocycles. The third-order valence-electron chi connectivity index (χ3n) is 2.25. The number of aryl methyl sites for hydroxylation is 1. The first kappa shape index (κ1) is 11.3. The number of hydrogen-bond acceptors (Lipinski definition) is 2. The summed E-state index contributed by atoms with van der Waals surface area (Å²) in [5.74, 6) is 0.843. The van der Waals surface area contributed by atoms with E-state index in [1.807, 2.05) is 39.0 Å². The first-order chi connectivity index (χ1) is 7.17. The second-order valence-electron chi connectivity index (χ2n) is 3.52. The highest BCUT2D eigenvalue weighted by Gasteiger charge is 2.00. The van der Waals surface area contributed by atoms with E-state index < -0.39 is 0 Å². The van der Waals surface area contributed by atoms with Crippen LogP contribution in [0.1, 0.15) is 25.0 Å². The molecule has 0 spiro atoms. The van der Waals surface area contributed by atoms with Gasteiger partial charge in [0.15, 0.2) is 0 Å². The molecule has 0 fully saturated rings. The van der Waals surface area contributed by atoms with Gasteiger partial charge in [-0.15, -0.1) is 0 Å². The van der Waals surface area contributed by atoms with Crippen molar-refractivity contribution in [2.75, 3.05) is 6.61 Å². The Hall–Kier alpha value is -1.75. The summed E-state index contributed by atoms with van der Waals surface area (Å²) in [6, 6.07) is 7.55. The normalized spacial score (nSPS) is 10.9. The molecule has 2 heteroatoms. The molecule has 0 unspecified atom stereocenters. The zero-order valence-electron chi connectivity index (χ0n) is 9.37. The molecular weight excluding hydrogens is 186 g/mol. The topological polar surface area (TPSA) is 33.0 Å². The number of allylic oxidation sites excluding steroid dienone is 1. The fourth-order valence-electron chi connectivity index (χ4n) is 1.16. The molecule has 0 aromatic heterocycles. The summed E-state index contributed by atoms with van der Waals surface area (Å²) in [5, 5.41) is 8.71. The van der Waals surface area contributed by atoms with Crippen LogP contribution in [0, 0.1) is 18.3 Å². The minimum Gasteiger partial charge on any atom is -0.489 e. The van der Waals surface area contributed by atoms with E-state index in [4.69, 9.17) is 10.00 Å². The number of nitrogens with zero attached hydrogens (tertiary/aromatic N) is 1. The average Bonchev–Trinajstić information content (AvgIpc) is 2.26. The zero-order chi connectivity index (χ0) is 11.3. The van der Waals surface area contributed by atoms with Crippen molar-refractivity contribution >= 4 is 0 Å². The molecule has 1 aromatic rings. The average molecular weight is 201 g/mol. The van der Waals surface area contributed by atoms with Gasteiger partial charge in [-0.2, -0.15) is 5.26 Å². The summed E-state index contributed by atoms with van der Waals surface area (Å²) in [7, 11) is 0. The van der Waals surface area contributed by atoms with Crippen LogP contribution in [0.4, 0.5) is 0 Å². The van der Waals surface area contributed by atoms with E-state index in [1.165, 1.54) is 5.57 Å². The molecule has 0 bridgehead atoms. The molecule has 78 valence electrons. The van der Waals surface area contributed by atoms with E-state index in [1.54, 1.807) is 6.07 Å². The van der Waals surface area contributed by atoms with E-state index in [0.717, 1.165) is 11.3 Å². The number of ether oxygens (including phenoxy) is 1. The van der Waals surface area contributed by atoms with Gasteiger partial charge in [0.05, 0.1) is 11.6 Å². The molecule has 0 heterocycles. The maximum absolute atomic E-state index is 8.71. The molecule has 0 N–H and O–H groups in total. The van der Waals surface area contributed by atoms with Gasteiger partial charge in [0.2, 0.25) is 0 Å². The zero-order valence-corrected chi connectivity index (χ0v) is 9.37. The monoisotopic (exact) mass is 201 g/mol. The highest BCUT2D eigenvalue weighted by atomic mass is 16.5. The lowest BCUT2D eigenvalue weighted by Crippen LogP contribution is -1.99. The lowest BCUT2D eigenvalue weighted by molar-refractivity contribution is 0.349. The summed E-state index contributed by atoms with van der Waals surface area (Å²) >= 11 is 0. The van der Waals surface area contributed by atoms with Gasteiger partial charge in [0, 0.05) is 0 Å². The van der Waals surface area contributed by atoms with Crippen LogP contribution in [0.25, 0.3) is 0 Å². The molecule has 0 atom stereocenters. The van der Waals surface area contributed by atoms with Gasteiger partial charge in [-0.3, -0.25) is 0 Å². The summed E-state index contributed by atoms with van der Waals surface area (Å²) < 4.78 is 5.61. The lowest BCUT2D eigenvalue weighted by atomic mass is 10.1. The Morgan fingerprint density at radius 2 is 2.27 bits per heavy atom. The molecule has 0 radical (unpaired) electrons. The lowest BCUT2D eigenvalue weighted by Gasteiger charge is -2.09. The maximum atomic E-state index is 8.71. The molecule has 1 rings (SSSR count). The maximum Gasteiger partial charge on any atom is 0.122 e. The Bertz CT molecular complexity index is 413. The Labute approximate surface area is 90.8 Å². The standard InChI is InChI=1S/C13H15NO/c1-4-10(2)9-15-13-6-5-12(8-14)7-11(13)3/h4-7H,9H2,1-3H3/b10-4+. The number of rotatable bonds is 3. The van der Waals surface area contributed by atoms with E-state index in [9.17, 15) is 0 Å². The summed E-state index contributed by atoms with van der Waals surface area (Å²) in [4.78, 5) is 0. The summed E-state index contributed by atoms with van der Waals surface area (Å²) in [6.45, 7) is 6.56. The van der Waals surface area contributed by atoms with Gasteiger partial charge in [-0.25, -0.2) is 0 Å². The van der Waals surface area contributed by atoms with E-state index in [-0.39, 0.29) is 0 Å². The van der Waals surface area contributed by atoms with Crippen LogP contribution >= 0.6 is 0 Å². The van der Waals surface area contributed by atoms with Gasteiger partial charge in [-0.05, 0) is 50.1 Å². The Morgan fingerprint density at radius 3 is 2.80 bits per heavy atom. The fourth-order valence-corrected chi connectivity index (χ4v) is 1.16. The number of hydrogen-bond donors (Lipinski definition) is 0. The first-order valence-electron chi connectivity index (χ1n) is 4.92. The molecular formula is C13H15NO. The van der Waals surface area contributed by atoms with Crippen molar-refractivity contribution in [2.45, 2.75) is 20.8 Å². The third kappa shape index (κ3) is 3.14. The summed E-state index contributed by atoms with van der Waals surface area (Å²) in [6.07, 6.45) is 2.03. The van der Waals surface area contributed by atoms with Gasteiger partial charge < -0.3 is 4.74 Å². The van der Waals surface area contributed by atoms with Crippen molar-refractivity contribution in [3.05, 3.63) is 41.0 Å². The Balaban J connectivity index is 2.75. The van der Waals surface area contributed by atoms with Crippen LogP contribution in [-0.4, -0.2) is 6.61 Å². The van der Waals surface area contributed by atoms with Crippen molar-refractivity contribution in [1.29, 1.82) is 5.26 Å².